The van der Waals surface area contributed by atoms with E-state index in [0.717, 1.165) is 19.3 Å². The van der Waals surface area contributed by atoms with Crippen molar-refractivity contribution >= 4 is 12.0 Å². The maximum Gasteiger partial charge on any atom is 0.418 e. The van der Waals surface area contributed by atoms with Gasteiger partial charge in [-0.2, -0.15) is 18.7 Å². The van der Waals surface area contributed by atoms with Crippen molar-refractivity contribution in [1.29, 1.82) is 0 Å². The number of rotatable bonds is 4. The van der Waals surface area contributed by atoms with Crippen LogP contribution in [0.2, 0.25) is 0 Å². The third kappa shape index (κ3) is 5.11. The fourth-order valence-electron chi connectivity index (χ4n) is 5.81. The van der Waals surface area contributed by atoms with Gasteiger partial charge in [0.25, 0.3) is 0 Å². The highest BCUT2D eigenvalue weighted by Crippen LogP contribution is 2.35. The van der Waals surface area contributed by atoms with E-state index in [1.54, 1.807) is 11.0 Å². The summed E-state index contributed by atoms with van der Waals surface area (Å²) in [7, 11) is 0. The predicted molar refractivity (Wildman–Crippen MR) is 117 cm³/mol. The lowest BCUT2D eigenvalue weighted by Gasteiger charge is -2.32. The van der Waals surface area contributed by atoms with Crippen LogP contribution in [0.1, 0.15) is 36.5 Å². The first kappa shape index (κ1) is 24.3. The van der Waals surface area contributed by atoms with Crippen molar-refractivity contribution in [3.8, 4) is 0 Å². The van der Waals surface area contributed by atoms with Gasteiger partial charge in [-0.1, -0.05) is 18.2 Å². The van der Waals surface area contributed by atoms with Gasteiger partial charge < -0.3 is 19.6 Å². The Balaban J connectivity index is 1.09. The number of amides is 2. The second-order valence-corrected chi connectivity index (χ2v) is 10.0. The molecule has 9 nitrogen and oxygen atoms in total. The summed E-state index contributed by atoms with van der Waals surface area (Å²) in [5, 5.41) is 9.43. The van der Waals surface area contributed by atoms with Crippen molar-refractivity contribution < 1.29 is 32.6 Å². The number of likely N-dealkylation sites (tertiary alicyclic amines) is 2. The Morgan fingerprint density at radius 3 is 2.46 bits per heavy atom. The minimum atomic E-state index is -4.76. The highest BCUT2D eigenvalue weighted by molar-refractivity contribution is 5.79. The zero-order valence-electron chi connectivity index (χ0n) is 19.1. The molecule has 6 atom stereocenters. The third-order valence-corrected chi connectivity index (χ3v) is 7.71. The molecule has 4 unspecified atom stereocenters. The normalized spacial score (nSPS) is 31.3. The van der Waals surface area contributed by atoms with E-state index in [1.165, 1.54) is 18.2 Å². The zero-order valence-corrected chi connectivity index (χ0v) is 19.1. The largest absolute Gasteiger partial charge is 0.445 e. The third-order valence-electron chi connectivity index (χ3n) is 7.71. The summed E-state index contributed by atoms with van der Waals surface area (Å²) in [5.74, 6) is 0.598. The van der Waals surface area contributed by atoms with E-state index in [2.05, 4.69) is 16.4 Å². The molecule has 12 heteroatoms. The molecule has 3 heterocycles. The number of nitrogens with zero attached hydrogens (tertiary/aromatic N) is 2. The quantitative estimate of drug-likeness (QED) is 0.499. The molecule has 1 aliphatic carbocycles. The highest BCUT2D eigenvalue weighted by Gasteiger charge is 2.46. The smallest absolute Gasteiger partial charge is 0.418 e. The van der Waals surface area contributed by atoms with Gasteiger partial charge in [0.2, 0.25) is 5.91 Å². The van der Waals surface area contributed by atoms with Crippen LogP contribution in [-0.4, -0.2) is 71.3 Å². The minimum absolute atomic E-state index is 0.0111. The second-order valence-electron chi connectivity index (χ2n) is 10.0. The molecular weight excluding hydrogens is 467 g/mol. The standard InChI is InChI=1S/C23H30F3N5O4/c24-23(25,26)20(32)14-3-1-2-13(6-14)12-35-22(34)31-10-16-8-30(9-17(16)11-31)21(33)15-4-5-18-19(7-15)28-29-27-18/h1-3,6,15-20,27-29,32H,4-5,7-12H2/t15?,16-,17+,18?,19?,20?. The molecule has 0 radical (unpaired) electrons. The maximum absolute atomic E-state index is 13.1. The summed E-state index contributed by atoms with van der Waals surface area (Å²) in [5.41, 5.74) is 9.37. The Hall–Kier alpha value is -2.41. The summed E-state index contributed by atoms with van der Waals surface area (Å²) < 4.78 is 43.6. The van der Waals surface area contributed by atoms with Gasteiger partial charge in [-0.3, -0.25) is 4.79 Å². The number of hydrazine groups is 2. The zero-order chi connectivity index (χ0) is 24.7. The Labute approximate surface area is 200 Å². The molecule has 1 aromatic carbocycles. The number of nitrogens with one attached hydrogen (secondary N) is 3. The molecule has 4 N–H and O–H groups in total. The van der Waals surface area contributed by atoms with E-state index in [4.69, 9.17) is 4.74 Å². The lowest BCUT2D eigenvalue weighted by Crippen LogP contribution is -2.45. The van der Waals surface area contributed by atoms with Crippen molar-refractivity contribution in [3.05, 3.63) is 35.4 Å². The number of hydrogen-bond donors (Lipinski definition) is 4. The Bertz CT molecular complexity index is 949. The number of fused-ring (bicyclic) bond motifs is 2. The maximum atomic E-state index is 13.1. The molecule has 192 valence electrons. The molecule has 3 saturated heterocycles. The van der Waals surface area contributed by atoms with Gasteiger partial charge in [0.05, 0.1) is 0 Å². The van der Waals surface area contributed by atoms with Crippen LogP contribution in [0.25, 0.3) is 0 Å². The molecule has 0 bridgehead atoms. The topological polar surface area (TPSA) is 106 Å². The molecule has 0 spiro atoms. The summed E-state index contributed by atoms with van der Waals surface area (Å²) in [4.78, 5) is 29.2. The van der Waals surface area contributed by atoms with E-state index in [1.807, 2.05) is 4.90 Å². The number of ether oxygens (including phenoxy) is 1. The number of alkyl halides is 3. The van der Waals surface area contributed by atoms with E-state index < -0.39 is 18.4 Å². The second kappa shape index (κ2) is 9.57. The molecule has 1 aromatic rings. The number of benzene rings is 1. The molecule has 5 rings (SSSR count). The van der Waals surface area contributed by atoms with Crippen LogP contribution < -0.4 is 16.4 Å². The van der Waals surface area contributed by atoms with Crippen LogP contribution >= 0.6 is 0 Å². The molecular formula is C23H30F3N5O4. The number of carbonyl (C=O) groups is 2. The van der Waals surface area contributed by atoms with E-state index >= 15 is 0 Å². The van der Waals surface area contributed by atoms with Crippen molar-refractivity contribution in [1.82, 2.24) is 26.2 Å². The predicted octanol–water partition coefficient (Wildman–Crippen LogP) is 1.46. The van der Waals surface area contributed by atoms with Crippen LogP contribution in [0, 0.1) is 17.8 Å². The first-order valence-corrected chi connectivity index (χ1v) is 12.0. The van der Waals surface area contributed by atoms with E-state index in [9.17, 15) is 27.9 Å². The molecule has 3 aliphatic heterocycles. The minimum Gasteiger partial charge on any atom is -0.445 e. The lowest BCUT2D eigenvalue weighted by molar-refractivity contribution is -0.206. The SMILES string of the molecule is O=C(OCc1cccc(C(O)C(F)(F)F)c1)N1C[C@@H]2CN(C(=O)C3CCC4NNNC4C3)C[C@@H]2C1. The molecule has 2 amide bonds. The van der Waals surface area contributed by atoms with Crippen molar-refractivity contribution in [2.75, 3.05) is 26.2 Å². The van der Waals surface area contributed by atoms with Crippen LogP contribution in [0.4, 0.5) is 18.0 Å². The number of aliphatic hydroxyl groups is 1. The number of halogens is 3. The summed E-state index contributed by atoms with van der Waals surface area (Å²) >= 11 is 0. The molecule has 1 saturated carbocycles. The van der Waals surface area contributed by atoms with E-state index in [-0.39, 0.29) is 41.9 Å². The van der Waals surface area contributed by atoms with E-state index in [0.29, 0.717) is 37.8 Å². The molecule has 4 aliphatic rings. The molecule has 4 fully saturated rings. The van der Waals surface area contributed by atoms with Gasteiger partial charge in [-0.15, -0.1) is 0 Å². The van der Waals surface area contributed by atoms with Crippen molar-refractivity contribution in [2.45, 2.75) is 50.2 Å². The Kier molecular flexibility index (Phi) is 6.64. The average molecular weight is 498 g/mol. The number of hydrogen-bond acceptors (Lipinski definition) is 7. The van der Waals surface area contributed by atoms with Gasteiger partial charge in [-0.05, 0) is 36.5 Å². The number of aliphatic hydroxyl groups excluding tert-OH is 1. The summed E-state index contributed by atoms with van der Waals surface area (Å²) in [6.45, 7) is 2.05. The fraction of sp³-hybridized carbons (Fsp3) is 0.652. The first-order chi connectivity index (χ1) is 16.7. The van der Waals surface area contributed by atoms with Crippen LogP contribution in [-0.2, 0) is 16.1 Å². The van der Waals surface area contributed by atoms with Gasteiger partial charge >= 0.3 is 12.3 Å². The summed E-state index contributed by atoms with van der Waals surface area (Å²) in [6, 6.07) is 5.91. The van der Waals surface area contributed by atoms with Gasteiger partial charge in [0.1, 0.15) is 6.61 Å². The Morgan fingerprint density at radius 2 is 1.74 bits per heavy atom. The molecule has 0 aromatic heterocycles. The monoisotopic (exact) mass is 497 g/mol. The lowest BCUT2D eigenvalue weighted by atomic mass is 9.82. The van der Waals surface area contributed by atoms with Crippen molar-refractivity contribution in [2.24, 2.45) is 17.8 Å². The molecule has 35 heavy (non-hydrogen) atoms. The summed E-state index contributed by atoms with van der Waals surface area (Å²) in [6.07, 6.45) is -5.26. The van der Waals surface area contributed by atoms with Crippen LogP contribution in [0.3, 0.4) is 0 Å². The fourth-order valence-corrected chi connectivity index (χ4v) is 5.81. The van der Waals surface area contributed by atoms with Crippen molar-refractivity contribution in [3.63, 3.8) is 0 Å². The average Bonchev–Trinajstić information content (AvgIpc) is 3.55. The highest BCUT2D eigenvalue weighted by atomic mass is 19.4. The van der Waals surface area contributed by atoms with Crippen LogP contribution in [0.5, 0.6) is 0 Å². The van der Waals surface area contributed by atoms with Gasteiger partial charge in [0, 0.05) is 56.0 Å². The number of carbonyl (C=O) groups excluding carboxylic acids is 2. The first-order valence-electron chi connectivity index (χ1n) is 12.0. The van der Waals surface area contributed by atoms with Crippen LogP contribution in [0.15, 0.2) is 24.3 Å². The van der Waals surface area contributed by atoms with Gasteiger partial charge in [-0.25, -0.2) is 15.6 Å². The Morgan fingerprint density at radius 1 is 1.06 bits per heavy atom. The van der Waals surface area contributed by atoms with Gasteiger partial charge in [0.15, 0.2) is 6.10 Å².